The van der Waals surface area contributed by atoms with Gasteiger partial charge in [0.25, 0.3) is 5.91 Å². The van der Waals surface area contributed by atoms with Gasteiger partial charge in [-0.2, -0.15) is 0 Å². The van der Waals surface area contributed by atoms with E-state index < -0.39 is 0 Å². The van der Waals surface area contributed by atoms with Gasteiger partial charge in [-0.15, -0.1) is 11.3 Å². The van der Waals surface area contributed by atoms with E-state index in [1.165, 1.54) is 0 Å². The number of hydrogen-bond donors (Lipinski definition) is 1. The van der Waals surface area contributed by atoms with E-state index in [0.717, 1.165) is 31.7 Å². The van der Waals surface area contributed by atoms with Crippen molar-refractivity contribution in [3.63, 3.8) is 0 Å². The molecule has 0 radical (unpaired) electrons. The predicted octanol–water partition coefficient (Wildman–Crippen LogP) is 5.89. The number of aromatic nitrogens is 2. The lowest BCUT2D eigenvalue weighted by Crippen LogP contribution is -2.12. The van der Waals surface area contributed by atoms with E-state index in [9.17, 15) is 4.79 Å². The van der Waals surface area contributed by atoms with Crippen molar-refractivity contribution in [2.45, 2.75) is 10.1 Å². The number of amides is 1. The fourth-order valence-corrected chi connectivity index (χ4v) is 4.75. The Morgan fingerprint density at radius 3 is 2.78 bits per heavy atom. The number of benzene rings is 2. The Bertz CT molecular complexity index is 1100. The summed E-state index contributed by atoms with van der Waals surface area (Å²) in [7, 11) is 0. The molecule has 0 spiro atoms. The van der Waals surface area contributed by atoms with Gasteiger partial charge in [0, 0.05) is 17.6 Å². The number of thiazole rings is 1. The van der Waals surface area contributed by atoms with E-state index in [2.05, 4.69) is 15.3 Å². The average Bonchev–Trinajstić information content (AvgIpc) is 3.10. The quantitative estimate of drug-likeness (QED) is 0.416. The number of nitrogens with one attached hydrogen (secondary N) is 1. The summed E-state index contributed by atoms with van der Waals surface area (Å²) in [5, 5.41) is 3.33. The summed E-state index contributed by atoms with van der Waals surface area (Å²) in [5.74, 6) is 0.547. The lowest BCUT2D eigenvalue weighted by Gasteiger charge is -2.06. The number of fused-ring (bicyclic) bond motifs is 1. The Kier molecular flexibility index (Phi) is 5.38. The first-order valence-corrected chi connectivity index (χ1v) is 10.4. The molecule has 0 saturated heterocycles. The Labute approximate surface area is 169 Å². The molecule has 0 bridgehead atoms. The number of carbonyl (C=O) groups excluding carboxylic acids is 1. The van der Waals surface area contributed by atoms with Crippen LogP contribution in [0.3, 0.4) is 0 Å². The van der Waals surface area contributed by atoms with Crippen molar-refractivity contribution in [3.8, 4) is 0 Å². The van der Waals surface area contributed by atoms with Crippen LogP contribution in [0.4, 0.5) is 5.69 Å². The lowest BCUT2D eigenvalue weighted by atomic mass is 10.2. The van der Waals surface area contributed by atoms with Gasteiger partial charge in [0.1, 0.15) is 0 Å². The highest BCUT2D eigenvalue weighted by atomic mass is 35.5. The summed E-state index contributed by atoms with van der Waals surface area (Å²) < 4.78 is 2.00. The van der Waals surface area contributed by atoms with Crippen LogP contribution in [0.2, 0.25) is 5.02 Å². The highest BCUT2D eigenvalue weighted by Crippen LogP contribution is 2.32. The number of anilines is 1. The zero-order valence-electron chi connectivity index (χ0n) is 14.1. The molecule has 0 aliphatic heterocycles. The van der Waals surface area contributed by atoms with Crippen LogP contribution in [0.25, 0.3) is 10.2 Å². The van der Waals surface area contributed by atoms with E-state index in [1.807, 2.05) is 36.4 Å². The standard InChI is InChI=1S/C20H14ClN3OS2/c21-16-7-2-1-6-15(16)19(25)23-13-8-9-17-18(11-13)27-20(24-17)26-12-14-5-3-4-10-22-14/h1-11H,12H2,(H,23,25). The van der Waals surface area contributed by atoms with Gasteiger partial charge in [-0.1, -0.05) is 41.6 Å². The van der Waals surface area contributed by atoms with E-state index in [-0.39, 0.29) is 5.91 Å². The number of nitrogens with zero attached hydrogens (tertiary/aromatic N) is 2. The molecular formula is C20H14ClN3OS2. The van der Waals surface area contributed by atoms with Crippen LogP contribution in [-0.4, -0.2) is 15.9 Å². The number of halogens is 1. The molecule has 0 saturated carbocycles. The highest BCUT2D eigenvalue weighted by molar-refractivity contribution is 8.00. The molecule has 2 aromatic heterocycles. The second-order valence-electron chi connectivity index (χ2n) is 5.71. The van der Waals surface area contributed by atoms with Gasteiger partial charge in [0.15, 0.2) is 4.34 Å². The minimum atomic E-state index is -0.228. The Hall–Kier alpha value is -2.41. The maximum Gasteiger partial charge on any atom is 0.257 e. The third-order valence-corrected chi connectivity index (χ3v) is 6.34. The molecule has 4 rings (SSSR count). The summed E-state index contributed by atoms with van der Waals surface area (Å²) in [6, 6.07) is 18.6. The molecular weight excluding hydrogens is 398 g/mol. The lowest BCUT2D eigenvalue weighted by molar-refractivity contribution is 0.102. The molecule has 1 N–H and O–H groups in total. The van der Waals surface area contributed by atoms with Crippen molar-refractivity contribution >= 4 is 56.5 Å². The molecule has 1 amide bonds. The van der Waals surface area contributed by atoms with Gasteiger partial charge in [-0.3, -0.25) is 9.78 Å². The number of thioether (sulfide) groups is 1. The largest absolute Gasteiger partial charge is 0.322 e. The first-order chi connectivity index (χ1) is 13.2. The SMILES string of the molecule is O=C(Nc1ccc2nc(SCc3ccccn3)sc2c1)c1ccccc1Cl. The summed E-state index contributed by atoms with van der Waals surface area (Å²) in [6.07, 6.45) is 1.79. The van der Waals surface area contributed by atoms with Crippen molar-refractivity contribution in [2.75, 3.05) is 5.32 Å². The Morgan fingerprint density at radius 2 is 1.96 bits per heavy atom. The van der Waals surface area contributed by atoms with Crippen molar-refractivity contribution in [1.82, 2.24) is 9.97 Å². The third-order valence-electron chi connectivity index (χ3n) is 3.81. The second-order valence-corrected chi connectivity index (χ2v) is 8.37. The maximum absolute atomic E-state index is 12.4. The summed E-state index contributed by atoms with van der Waals surface area (Å²) >= 11 is 9.35. The monoisotopic (exact) mass is 411 g/mol. The Morgan fingerprint density at radius 1 is 1.11 bits per heavy atom. The molecule has 7 heteroatoms. The highest BCUT2D eigenvalue weighted by Gasteiger charge is 2.11. The zero-order chi connectivity index (χ0) is 18.6. The van der Waals surface area contributed by atoms with Crippen LogP contribution < -0.4 is 5.32 Å². The molecule has 2 heterocycles. The van der Waals surface area contributed by atoms with Crippen molar-refractivity contribution < 1.29 is 4.79 Å². The molecule has 4 aromatic rings. The smallest absolute Gasteiger partial charge is 0.257 e. The van der Waals surface area contributed by atoms with Crippen LogP contribution >= 0.6 is 34.7 Å². The van der Waals surface area contributed by atoms with Gasteiger partial charge >= 0.3 is 0 Å². The van der Waals surface area contributed by atoms with E-state index >= 15 is 0 Å². The van der Waals surface area contributed by atoms with Crippen molar-refractivity contribution in [2.24, 2.45) is 0 Å². The first-order valence-electron chi connectivity index (χ1n) is 8.18. The summed E-state index contributed by atoms with van der Waals surface area (Å²) in [6.45, 7) is 0. The topological polar surface area (TPSA) is 54.9 Å². The number of hydrogen-bond acceptors (Lipinski definition) is 5. The number of rotatable bonds is 5. The molecule has 0 atom stereocenters. The fraction of sp³-hybridized carbons (Fsp3) is 0.0500. The molecule has 134 valence electrons. The van der Waals surface area contributed by atoms with Crippen molar-refractivity contribution in [1.29, 1.82) is 0 Å². The zero-order valence-corrected chi connectivity index (χ0v) is 16.4. The van der Waals surface area contributed by atoms with Crippen LogP contribution in [0.1, 0.15) is 16.1 Å². The second kappa shape index (κ2) is 8.08. The molecule has 27 heavy (non-hydrogen) atoms. The average molecular weight is 412 g/mol. The fourth-order valence-electron chi connectivity index (χ4n) is 2.51. The number of carbonyl (C=O) groups is 1. The van der Waals surface area contributed by atoms with Crippen LogP contribution in [0.5, 0.6) is 0 Å². The van der Waals surface area contributed by atoms with Gasteiger partial charge in [0.2, 0.25) is 0 Å². The first kappa shape index (κ1) is 18.0. The normalized spacial score (nSPS) is 10.9. The Balaban J connectivity index is 1.49. The minimum Gasteiger partial charge on any atom is -0.322 e. The molecule has 2 aromatic carbocycles. The van der Waals surface area contributed by atoms with Gasteiger partial charge in [0.05, 0.1) is 26.5 Å². The summed E-state index contributed by atoms with van der Waals surface area (Å²) in [4.78, 5) is 21.4. The molecule has 0 aliphatic rings. The minimum absolute atomic E-state index is 0.228. The third kappa shape index (κ3) is 4.30. The maximum atomic E-state index is 12.4. The van der Waals surface area contributed by atoms with Crippen LogP contribution in [0, 0.1) is 0 Å². The van der Waals surface area contributed by atoms with Gasteiger partial charge < -0.3 is 5.32 Å². The van der Waals surface area contributed by atoms with Gasteiger partial charge in [-0.25, -0.2) is 4.98 Å². The van der Waals surface area contributed by atoms with Gasteiger partial charge in [-0.05, 0) is 42.5 Å². The predicted molar refractivity (Wildman–Crippen MR) is 113 cm³/mol. The molecule has 0 aliphatic carbocycles. The molecule has 4 nitrogen and oxygen atoms in total. The van der Waals surface area contributed by atoms with Crippen LogP contribution in [-0.2, 0) is 5.75 Å². The van der Waals surface area contributed by atoms with E-state index in [4.69, 9.17) is 11.6 Å². The van der Waals surface area contributed by atoms with Crippen molar-refractivity contribution in [3.05, 3.63) is 83.1 Å². The van der Waals surface area contributed by atoms with E-state index in [0.29, 0.717) is 10.6 Å². The molecule has 0 fully saturated rings. The number of pyridine rings is 1. The van der Waals surface area contributed by atoms with E-state index in [1.54, 1.807) is 53.6 Å². The van der Waals surface area contributed by atoms with Crippen LogP contribution in [0.15, 0.2) is 71.2 Å². The molecule has 0 unspecified atom stereocenters. The summed E-state index contributed by atoms with van der Waals surface area (Å²) in [5.41, 5.74) is 3.11.